The molecule has 2 heterocycles. The van der Waals surface area contributed by atoms with E-state index in [9.17, 15) is 4.79 Å². The summed E-state index contributed by atoms with van der Waals surface area (Å²) in [5.41, 5.74) is 0.492. The third-order valence-corrected chi connectivity index (χ3v) is 5.10. The fourth-order valence-corrected chi connectivity index (χ4v) is 3.91. The molecule has 1 saturated heterocycles. The van der Waals surface area contributed by atoms with Crippen molar-refractivity contribution >= 4 is 22.4 Å². The van der Waals surface area contributed by atoms with Crippen molar-refractivity contribution in [3.05, 3.63) is 10.6 Å². The van der Waals surface area contributed by atoms with Crippen LogP contribution in [-0.2, 0) is 4.74 Å². The maximum Gasteiger partial charge on any atom is 0.358 e. The summed E-state index contributed by atoms with van der Waals surface area (Å²) in [5, 5.41) is 0.979. The van der Waals surface area contributed by atoms with Gasteiger partial charge in [0, 0.05) is 18.0 Å². The molecule has 0 spiro atoms. The van der Waals surface area contributed by atoms with Crippen LogP contribution in [-0.4, -0.2) is 30.6 Å². The predicted molar refractivity (Wildman–Crippen MR) is 87.3 cm³/mol. The van der Waals surface area contributed by atoms with E-state index < -0.39 is 0 Å². The van der Waals surface area contributed by atoms with Gasteiger partial charge in [0.15, 0.2) is 10.8 Å². The van der Waals surface area contributed by atoms with Gasteiger partial charge in [0.1, 0.15) is 0 Å². The van der Waals surface area contributed by atoms with Crippen LogP contribution in [0, 0.1) is 12.8 Å². The number of ether oxygens (including phenoxy) is 1. The molecule has 21 heavy (non-hydrogen) atoms. The monoisotopic (exact) mass is 310 g/mol. The van der Waals surface area contributed by atoms with Crippen LogP contribution in [0.4, 0.5) is 5.13 Å². The highest BCUT2D eigenvalue weighted by Gasteiger charge is 2.22. The number of nitrogens with zero attached hydrogens (tertiary/aromatic N) is 2. The van der Waals surface area contributed by atoms with Crippen LogP contribution in [0.1, 0.15) is 61.3 Å². The molecular weight excluding hydrogens is 284 g/mol. The van der Waals surface area contributed by atoms with E-state index in [-0.39, 0.29) is 5.97 Å². The number of thiazole rings is 1. The highest BCUT2D eigenvalue weighted by atomic mass is 32.1. The van der Waals surface area contributed by atoms with Gasteiger partial charge in [0.05, 0.1) is 6.61 Å². The van der Waals surface area contributed by atoms with Crippen LogP contribution < -0.4 is 4.90 Å². The molecule has 0 aromatic carbocycles. The number of hydrogen-bond donors (Lipinski definition) is 0. The lowest BCUT2D eigenvalue weighted by molar-refractivity contribution is 0.0519. The Morgan fingerprint density at radius 1 is 1.38 bits per heavy atom. The minimum atomic E-state index is -0.295. The Hall–Kier alpha value is -1.10. The Labute approximate surface area is 131 Å². The first kappa shape index (κ1) is 16.3. The van der Waals surface area contributed by atoms with Gasteiger partial charge in [-0.2, -0.15) is 0 Å². The van der Waals surface area contributed by atoms with E-state index in [1.54, 1.807) is 11.3 Å². The number of aromatic nitrogens is 1. The molecule has 1 aromatic rings. The van der Waals surface area contributed by atoms with E-state index in [1.165, 1.54) is 32.1 Å². The summed E-state index contributed by atoms with van der Waals surface area (Å²) in [7, 11) is 0. The molecule has 1 aromatic heterocycles. The molecule has 1 aliphatic rings. The summed E-state index contributed by atoms with van der Waals surface area (Å²) in [6.07, 6.45) is 6.38. The number of anilines is 1. The highest BCUT2D eigenvalue weighted by molar-refractivity contribution is 7.15. The van der Waals surface area contributed by atoms with Gasteiger partial charge in [-0.25, -0.2) is 9.78 Å². The van der Waals surface area contributed by atoms with E-state index in [2.05, 4.69) is 16.8 Å². The summed E-state index contributed by atoms with van der Waals surface area (Å²) >= 11 is 1.61. The van der Waals surface area contributed by atoms with E-state index in [1.807, 2.05) is 13.8 Å². The molecule has 0 aliphatic carbocycles. The second kappa shape index (κ2) is 7.78. The molecule has 1 aliphatic heterocycles. The normalized spacial score (nSPS) is 19.4. The predicted octanol–water partition coefficient (Wildman–Crippen LogP) is 4.03. The van der Waals surface area contributed by atoms with Crippen molar-refractivity contribution in [3.63, 3.8) is 0 Å². The number of hydrogen-bond acceptors (Lipinski definition) is 5. The Balaban J connectivity index is 2.05. The van der Waals surface area contributed by atoms with Crippen LogP contribution in [0.3, 0.4) is 0 Å². The second-order valence-corrected chi connectivity index (χ2v) is 6.88. The van der Waals surface area contributed by atoms with E-state index >= 15 is 0 Å². The van der Waals surface area contributed by atoms with Crippen molar-refractivity contribution < 1.29 is 9.53 Å². The van der Waals surface area contributed by atoms with Crippen LogP contribution in [0.2, 0.25) is 0 Å². The Kier molecular flexibility index (Phi) is 6.03. The molecule has 118 valence electrons. The van der Waals surface area contributed by atoms with Crippen molar-refractivity contribution in [1.82, 2.24) is 4.98 Å². The minimum absolute atomic E-state index is 0.295. The molecule has 1 fully saturated rings. The van der Waals surface area contributed by atoms with Crippen molar-refractivity contribution in [3.8, 4) is 0 Å². The molecule has 1 atom stereocenters. The molecule has 0 bridgehead atoms. The number of rotatable bonds is 5. The SMILES string of the molecule is CCCC1CCCN(c2nc(C(=O)OCC)c(C)s2)CC1. The van der Waals surface area contributed by atoms with Crippen LogP contribution in [0.15, 0.2) is 0 Å². The molecule has 0 amide bonds. The molecule has 2 rings (SSSR count). The zero-order valence-corrected chi connectivity index (χ0v) is 14.2. The van der Waals surface area contributed by atoms with Crippen molar-refractivity contribution in [2.45, 2.75) is 52.9 Å². The van der Waals surface area contributed by atoms with E-state index in [0.717, 1.165) is 29.0 Å². The second-order valence-electron chi connectivity index (χ2n) is 5.69. The molecule has 0 radical (unpaired) electrons. The first-order valence-corrected chi connectivity index (χ1v) is 8.86. The van der Waals surface area contributed by atoms with Gasteiger partial charge >= 0.3 is 5.97 Å². The molecule has 4 nitrogen and oxygen atoms in total. The van der Waals surface area contributed by atoms with Gasteiger partial charge in [-0.3, -0.25) is 0 Å². The van der Waals surface area contributed by atoms with Gasteiger partial charge in [-0.15, -0.1) is 11.3 Å². The summed E-state index contributed by atoms with van der Waals surface area (Å²) in [6.45, 7) is 8.54. The lowest BCUT2D eigenvalue weighted by atomic mass is 9.96. The summed E-state index contributed by atoms with van der Waals surface area (Å²) in [4.78, 5) is 19.7. The number of carbonyl (C=O) groups is 1. The fraction of sp³-hybridized carbons (Fsp3) is 0.750. The number of aryl methyl sites for hydroxylation is 1. The molecule has 1 unspecified atom stereocenters. The smallest absolute Gasteiger partial charge is 0.358 e. The molecule has 5 heteroatoms. The van der Waals surface area contributed by atoms with Gasteiger partial charge in [0.25, 0.3) is 0 Å². The quantitative estimate of drug-likeness (QED) is 0.770. The number of esters is 1. The highest BCUT2D eigenvalue weighted by Crippen LogP contribution is 2.30. The molecular formula is C16H26N2O2S. The summed E-state index contributed by atoms with van der Waals surface area (Å²) < 4.78 is 5.07. The maximum atomic E-state index is 11.9. The van der Waals surface area contributed by atoms with Crippen LogP contribution >= 0.6 is 11.3 Å². The van der Waals surface area contributed by atoms with Gasteiger partial charge in [0.2, 0.25) is 0 Å². The molecule has 0 N–H and O–H groups in total. The Bertz CT molecular complexity index is 473. The first-order chi connectivity index (χ1) is 10.2. The van der Waals surface area contributed by atoms with Gasteiger partial charge in [-0.05, 0) is 39.0 Å². The van der Waals surface area contributed by atoms with E-state index in [0.29, 0.717) is 12.3 Å². The summed E-state index contributed by atoms with van der Waals surface area (Å²) in [5.74, 6) is 0.557. The zero-order valence-electron chi connectivity index (χ0n) is 13.4. The van der Waals surface area contributed by atoms with Crippen molar-refractivity contribution in [2.75, 3.05) is 24.6 Å². The van der Waals surface area contributed by atoms with Crippen LogP contribution in [0.25, 0.3) is 0 Å². The fourth-order valence-electron chi connectivity index (χ4n) is 2.96. The average Bonchev–Trinajstić information content (AvgIpc) is 2.69. The van der Waals surface area contributed by atoms with Gasteiger partial charge in [-0.1, -0.05) is 19.8 Å². The zero-order chi connectivity index (χ0) is 15.2. The van der Waals surface area contributed by atoms with Crippen molar-refractivity contribution in [2.24, 2.45) is 5.92 Å². The van der Waals surface area contributed by atoms with Gasteiger partial charge < -0.3 is 9.64 Å². The van der Waals surface area contributed by atoms with E-state index in [4.69, 9.17) is 4.74 Å². The third kappa shape index (κ3) is 4.19. The largest absolute Gasteiger partial charge is 0.461 e. The van der Waals surface area contributed by atoms with Crippen LogP contribution in [0.5, 0.6) is 0 Å². The number of carbonyl (C=O) groups excluding carboxylic acids is 1. The third-order valence-electron chi connectivity index (χ3n) is 4.07. The Morgan fingerprint density at radius 3 is 2.90 bits per heavy atom. The lowest BCUT2D eigenvalue weighted by Gasteiger charge is -2.19. The molecule has 0 saturated carbocycles. The standard InChI is InChI=1S/C16H26N2O2S/c1-4-7-13-8-6-10-18(11-9-13)16-17-14(12(3)21-16)15(19)20-5-2/h13H,4-11H2,1-3H3. The lowest BCUT2D eigenvalue weighted by Crippen LogP contribution is -2.24. The average molecular weight is 310 g/mol. The first-order valence-electron chi connectivity index (χ1n) is 8.05. The minimum Gasteiger partial charge on any atom is -0.461 e. The maximum absolute atomic E-state index is 11.9. The Morgan fingerprint density at radius 2 is 2.19 bits per heavy atom. The van der Waals surface area contributed by atoms with Crippen molar-refractivity contribution in [1.29, 1.82) is 0 Å². The summed E-state index contributed by atoms with van der Waals surface area (Å²) in [6, 6.07) is 0. The topological polar surface area (TPSA) is 42.4 Å².